The average Bonchev–Trinajstić information content (AvgIpc) is 3.91. The van der Waals surface area contributed by atoms with Crippen LogP contribution in [0.15, 0.2) is 146 Å². The van der Waals surface area contributed by atoms with Gasteiger partial charge in [-0.1, -0.05) is 134 Å². The number of hydrogen-bond donors (Lipinski definition) is 0. The Hall–Kier alpha value is -6.76. The zero-order chi connectivity index (χ0) is 36.5. The summed E-state index contributed by atoms with van der Waals surface area (Å²) >= 11 is 1.78. The highest BCUT2D eigenvalue weighted by Gasteiger charge is 2.41. The van der Waals surface area contributed by atoms with Gasteiger partial charge in [0.15, 0.2) is 0 Å². The topological polar surface area (TPSA) is 56.5 Å². The first kappa shape index (κ1) is 30.6. The number of fused-ring (bicyclic) bond motifs is 12. The molecular weight excluding hydrogens is 703 g/mol. The van der Waals surface area contributed by atoms with Crippen LogP contribution in [0.4, 0.5) is 0 Å². The van der Waals surface area contributed by atoms with E-state index in [2.05, 4.69) is 150 Å². The van der Waals surface area contributed by atoms with Crippen LogP contribution in [0.5, 0.6) is 0 Å². The summed E-state index contributed by atoms with van der Waals surface area (Å²) in [5.41, 5.74) is 17.1. The van der Waals surface area contributed by atoms with Gasteiger partial charge >= 0.3 is 0 Å². The highest BCUT2D eigenvalue weighted by atomic mass is 32.1. The number of aromatic nitrogens is 5. The maximum Gasteiger partial charge on any atom is 0.235 e. The molecule has 2 unspecified atom stereocenters. The van der Waals surface area contributed by atoms with E-state index in [1.165, 1.54) is 59.9 Å². The van der Waals surface area contributed by atoms with Crippen LogP contribution < -0.4 is 10.6 Å². The van der Waals surface area contributed by atoms with E-state index in [4.69, 9.17) is 19.9 Å². The molecule has 0 saturated carbocycles. The molecule has 5 aromatic carbocycles. The highest BCUT2D eigenvalue weighted by molar-refractivity contribution is 7.26. The van der Waals surface area contributed by atoms with Gasteiger partial charge in [-0.25, -0.2) is 19.9 Å². The van der Waals surface area contributed by atoms with Crippen molar-refractivity contribution in [3.05, 3.63) is 173 Å². The van der Waals surface area contributed by atoms with Crippen molar-refractivity contribution in [2.75, 3.05) is 0 Å². The third kappa shape index (κ3) is 4.19. The molecule has 0 bridgehead atoms. The fraction of sp³-hybridized carbons (Fsp3) is 0.0800. The van der Waals surface area contributed by atoms with Crippen LogP contribution in [0.1, 0.15) is 29.3 Å². The van der Waals surface area contributed by atoms with E-state index in [1.807, 2.05) is 6.07 Å². The van der Waals surface area contributed by atoms with Crippen LogP contribution in [0.2, 0.25) is 0 Å². The van der Waals surface area contributed by atoms with Gasteiger partial charge in [0.2, 0.25) is 5.95 Å². The molecule has 0 radical (unpaired) electrons. The lowest BCUT2D eigenvalue weighted by atomic mass is 9.79. The first-order valence-corrected chi connectivity index (χ1v) is 20.2. The lowest BCUT2D eigenvalue weighted by Crippen LogP contribution is -2.36. The van der Waals surface area contributed by atoms with Gasteiger partial charge in [0.05, 0.1) is 43.7 Å². The third-order valence-corrected chi connectivity index (χ3v) is 13.4. The van der Waals surface area contributed by atoms with Gasteiger partial charge in [-0.2, -0.15) is 0 Å². The molecule has 0 saturated heterocycles. The molecule has 0 amide bonds. The number of rotatable bonds is 3. The van der Waals surface area contributed by atoms with Crippen molar-refractivity contribution in [1.82, 2.24) is 24.5 Å². The van der Waals surface area contributed by atoms with Crippen LogP contribution in [-0.2, 0) is 6.42 Å². The summed E-state index contributed by atoms with van der Waals surface area (Å²) in [4.78, 5) is 21.7. The second-order valence-corrected chi connectivity index (χ2v) is 16.3. The van der Waals surface area contributed by atoms with E-state index in [-0.39, 0.29) is 5.92 Å². The molecule has 4 heterocycles. The molecule has 2 atom stereocenters. The Morgan fingerprint density at radius 1 is 0.643 bits per heavy atom. The van der Waals surface area contributed by atoms with Crippen LogP contribution in [-0.4, -0.2) is 24.5 Å². The number of thiophene rings is 1. The van der Waals surface area contributed by atoms with E-state index in [9.17, 15) is 0 Å². The summed E-state index contributed by atoms with van der Waals surface area (Å²) in [6.07, 6.45) is 13.2. The normalized spacial score (nSPS) is 17.1. The first-order valence-electron chi connectivity index (χ1n) is 19.4. The second-order valence-electron chi connectivity index (χ2n) is 15.2. The quantitative estimate of drug-likeness (QED) is 0.181. The van der Waals surface area contributed by atoms with Gasteiger partial charge in [-0.15, -0.1) is 11.3 Å². The molecule has 9 aromatic rings. The minimum Gasteiger partial charge on any atom is -0.282 e. The number of allylic oxidation sites excluding steroid dienone is 4. The Balaban J connectivity index is 1.11. The predicted octanol–water partition coefficient (Wildman–Crippen LogP) is 10.3. The smallest absolute Gasteiger partial charge is 0.235 e. The van der Waals surface area contributed by atoms with Crippen LogP contribution in [0, 0.1) is 5.92 Å². The highest BCUT2D eigenvalue weighted by Crippen LogP contribution is 2.52. The zero-order valence-corrected chi connectivity index (χ0v) is 31.0. The van der Waals surface area contributed by atoms with Crippen molar-refractivity contribution in [3.63, 3.8) is 0 Å². The molecule has 4 aromatic heterocycles. The zero-order valence-electron chi connectivity index (χ0n) is 30.1. The standard InChI is InChI=1S/C50H31N5S/c1-2-11-28(12-3-1)29-21-23-31(24-22-29)45-49-48(33-15-6-9-20-41(33)56-49)54-50(53-45)55-39-26-25-30-13-4-5-14-32(30)43(39)44-34-16-10-17-35-42(34)36(27-40(44)55)47-46(35)51-37-18-7-8-19-38(37)52-47/h1-24,26,30,36H,25,27H2. The van der Waals surface area contributed by atoms with E-state index in [0.717, 1.165) is 62.1 Å². The summed E-state index contributed by atoms with van der Waals surface area (Å²) in [5, 5.41) is 3.65. The van der Waals surface area contributed by atoms with Crippen molar-refractivity contribution in [3.8, 4) is 50.7 Å². The molecule has 0 fully saturated rings. The Morgan fingerprint density at radius 3 is 2.30 bits per heavy atom. The van der Waals surface area contributed by atoms with Crippen LogP contribution in [0.3, 0.4) is 0 Å². The summed E-state index contributed by atoms with van der Waals surface area (Å²) in [6, 6.07) is 43.1. The van der Waals surface area contributed by atoms with Crippen molar-refractivity contribution in [1.29, 1.82) is 0 Å². The summed E-state index contributed by atoms with van der Waals surface area (Å²) in [5.74, 6) is 1.12. The van der Waals surface area contributed by atoms with Crippen LogP contribution in [0.25, 0.3) is 93.7 Å². The fourth-order valence-electron chi connectivity index (χ4n) is 9.81. The maximum atomic E-state index is 5.61. The Morgan fingerprint density at radius 2 is 1.41 bits per heavy atom. The van der Waals surface area contributed by atoms with Crippen LogP contribution >= 0.6 is 11.3 Å². The average molecular weight is 734 g/mol. The number of benzene rings is 5. The number of hydrogen-bond acceptors (Lipinski definition) is 5. The molecule has 0 spiro atoms. The second kappa shape index (κ2) is 11.4. The Kier molecular flexibility index (Phi) is 6.21. The van der Waals surface area contributed by atoms with Gasteiger partial charge in [-0.05, 0) is 52.4 Å². The minimum atomic E-state index is 0.0780. The van der Waals surface area contributed by atoms with E-state index in [0.29, 0.717) is 11.9 Å². The summed E-state index contributed by atoms with van der Waals surface area (Å²) in [7, 11) is 0. The molecule has 0 aliphatic heterocycles. The molecule has 4 aliphatic carbocycles. The maximum absolute atomic E-state index is 5.61. The molecule has 4 aliphatic rings. The monoisotopic (exact) mass is 733 g/mol. The summed E-state index contributed by atoms with van der Waals surface area (Å²) < 4.78 is 4.74. The Bertz CT molecular complexity index is 3370. The van der Waals surface area contributed by atoms with E-state index < -0.39 is 0 Å². The fourth-order valence-corrected chi connectivity index (χ4v) is 11.0. The first-order chi connectivity index (χ1) is 27.8. The SMILES string of the molecule is C1=CC2=c3c4c(n(-c5nc(-c6ccc(-c7ccccc7)cc6)c6sc7ccccc7c6n5)c3=CCC2C=C1)CC1c2nc3ccccc3nc2-c2cccc-4c21. The molecule has 56 heavy (non-hydrogen) atoms. The molecular formula is C50H31N5S. The van der Waals surface area contributed by atoms with E-state index in [1.54, 1.807) is 11.3 Å². The van der Waals surface area contributed by atoms with Crippen molar-refractivity contribution >= 4 is 54.3 Å². The third-order valence-electron chi connectivity index (χ3n) is 12.3. The van der Waals surface area contributed by atoms with Gasteiger partial charge in [0.1, 0.15) is 0 Å². The minimum absolute atomic E-state index is 0.0780. The summed E-state index contributed by atoms with van der Waals surface area (Å²) in [6.45, 7) is 0. The Labute approximate surface area is 326 Å². The molecule has 5 nitrogen and oxygen atoms in total. The lowest BCUT2D eigenvalue weighted by Gasteiger charge is -2.25. The van der Waals surface area contributed by atoms with E-state index >= 15 is 0 Å². The number of para-hydroxylation sites is 2. The van der Waals surface area contributed by atoms with Crippen molar-refractivity contribution in [2.24, 2.45) is 5.92 Å². The number of nitrogens with zero attached hydrogens (tertiary/aromatic N) is 5. The predicted molar refractivity (Wildman–Crippen MR) is 228 cm³/mol. The van der Waals surface area contributed by atoms with Crippen molar-refractivity contribution < 1.29 is 0 Å². The van der Waals surface area contributed by atoms with Gasteiger partial charge in [0.25, 0.3) is 0 Å². The molecule has 13 rings (SSSR count). The lowest BCUT2D eigenvalue weighted by molar-refractivity contribution is 0.732. The van der Waals surface area contributed by atoms with Gasteiger partial charge in [-0.3, -0.25) is 4.57 Å². The molecule has 262 valence electrons. The largest absolute Gasteiger partial charge is 0.282 e. The molecule has 6 heteroatoms. The molecule has 0 N–H and O–H groups in total. The van der Waals surface area contributed by atoms with Gasteiger partial charge < -0.3 is 0 Å². The van der Waals surface area contributed by atoms with Crippen molar-refractivity contribution in [2.45, 2.75) is 18.8 Å². The van der Waals surface area contributed by atoms with Gasteiger partial charge in [0, 0.05) is 55.9 Å².